The number of hydrogen-bond acceptors (Lipinski definition) is 3. The summed E-state index contributed by atoms with van der Waals surface area (Å²) in [5.41, 5.74) is 0.475. The normalized spacial score (nSPS) is 10.4. The average molecular weight is 252 g/mol. The number of carbonyl (C=O) groups is 2. The monoisotopic (exact) mass is 252 g/mol. The van der Waals surface area contributed by atoms with Crippen molar-refractivity contribution >= 4 is 11.7 Å². The predicted molar refractivity (Wildman–Crippen MR) is 66.9 cm³/mol. The molecule has 0 aliphatic carbocycles. The van der Waals surface area contributed by atoms with Gasteiger partial charge in [0.25, 0.3) is 0 Å². The minimum atomic E-state index is -0.362. The van der Waals surface area contributed by atoms with Gasteiger partial charge in [-0.15, -0.1) is 0 Å². The topological polar surface area (TPSA) is 49.4 Å². The van der Waals surface area contributed by atoms with Gasteiger partial charge in [0.2, 0.25) is 5.91 Å². The molecule has 0 aliphatic heterocycles. The highest BCUT2D eigenvalue weighted by molar-refractivity contribution is 5.97. The van der Waals surface area contributed by atoms with Crippen molar-refractivity contribution in [2.24, 2.45) is 0 Å². The standard InChI is InChI=1S/C13H17FN2O2/c1-15-13(18)7-8-16(2)9-12(17)10-3-5-11(14)6-4-10/h3-6H,7-9H2,1-2H3,(H,15,18). The molecular formula is C13H17FN2O2. The lowest BCUT2D eigenvalue weighted by Crippen LogP contribution is -2.30. The second-order valence-electron chi connectivity index (χ2n) is 4.09. The molecule has 0 spiro atoms. The molecule has 1 amide bonds. The number of nitrogens with one attached hydrogen (secondary N) is 1. The third kappa shape index (κ3) is 4.63. The van der Waals surface area contributed by atoms with Gasteiger partial charge in [-0.05, 0) is 31.3 Å². The van der Waals surface area contributed by atoms with Crippen molar-refractivity contribution in [2.45, 2.75) is 6.42 Å². The highest BCUT2D eigenvalue weighted by atomic mass is 19.1. The number of likely N-dealkylation sites (N-methyl/N-ethyl adjacent to an activating group) is 1. The van der Waals surface area contributed by atoms with Crippen LogP contribution in [0.25, 0.3) is 0 Å². The van der Waals surface area contributed by atoms with E-state index in [1.165, 1.54) is 24.3 Å². The average Bonchev–Trinajstić information content (AvgIpc) is 2.36. The van der Waals surface area contributed by atoms with Crippen LogP contribution in [0.3, 0.4) is 0 Å². The Morgan fingerprint density at radius 2 is 1.89 bits per heavy atom. The fraction of sp³-hybridized carbons (Fsp3) is 0.385. The zero-order chi connectivity index (χ0) is 13.5. The first kappa shape index (κ1) is 14.3. The van der Waals surface area contributed by atoms with Crippen molar-refractivity contribution in [1.82, 2.24) is 10.2 Å². The number of nitrogens with zero attached hydrogens (tertiary/aromatic N) is 1. The zero-order valence-corrected chi connectivity index (χ0v) is 10.6. The van der Waals surface area contributed by atoms with Crippen LogP contribution in [0, 0.1) is 5.82 Å². The molecule has 0 aliphatic rings. The van der Waals surface area contributed by atoms with E-state index in [0.717, 1.165) is 0 Å². The molecule has 0 unspecified atom stereocenters. The molecular weight excluding hydrogens is 235 g/mol. The summed E-state index contributed by atoms with van der Waals surface area (Å²) in [6.07, 6.45) is 0.351. The Hall–Kier alpha value is -1.75. The minimum Gasteiger partial charge on any atom is -0.359 e. The van der Waals surface area contributed by atoms with E-state index in [0.29, 0.717) is 18.5 Å². The molecule has 98 valence electrons. The molecule has 1 aromatic rings. The van der Waals surface area contributed by atoms with Gasteiger partial charge in [-0.2, -0.15) is 0 Å². The zero-order valence-electron chi connectivity index (χ0n) is 10.6. The summed E-state index contributed by atoms with van der Waals surface area (Å²) in [6, 6.07) is 5.45. The van der Waals surface area contributed by atoms with Gasteiger partial charge in [-0.3, -0.25) is 14.5 Å². The van der Waals surface area contributed by atoms with Gasteiger partial charge in [0.1, 0.15) is 5.82 Å². The summed E-state index contributed by atoms with van der Waals surface area (Å²) in [5, 5.41) is 2.52. The van der Waals surface area contributed by atoms with Gasteiger partial charge in [0.05, 0.1) is 6.54 Å². The Morgan fingerprint density at radius 1 is 1.28 bits per heavy atom. The van der Waals surface area contributed by atoms with E-state index >= 15 is 0 Å². The van der Waals surface area contributed by atoms with E-state index in [-0.39, 0.29) is 24.1 Å². The minimum absolute atomic E-state index is 0.0592. The third-order valence-corrected chi connectivity index (χ3v) is 2.58. The van der Waals surface area contributed by atoms with Crippen LogP contribution in [0.5, 0.6) is 0 Å². The number of Topliss-reactive ketones (excluding diaryl/α,β-unsaturated/α-hetero) is 1. The first-order valence-corrected chi connectivity index (χ1v) is 5.71. The molecule has 1 N–H and O–H groups in total. The number of amides is 1. The first-order chi connectivity index (χ1) is 8.52. The molecule has 0 radical (unpaired) electrons. The number of carbonyl (C=O) groups excluding carboxylic acids is 2. The van der Waals surface area contributed by atoms with E-state index in [1.54, 1.807) is 19.0 Å². The van der Waals surface area contributed by atoms with Crippen molar-refractivity contribution in [1.29, 1.82) is 0 Å². The molecule has 1 rings (SSSR count). The maximum atomic E-state index is 12.7. The Balaban J connectivity index is 2.44. The van der Waals surface area contributed by atoms with E-state index in [4.69, 9.17) is 0 Å². The molecule has 0 aromatic heterocycles. The number of rotatable bonds is 6. The Bertz CT molecular complexity index is 418. The van der Waals surface area contributed by atoms with Gasteiger partial charge < -0.3 is 5.32 Å². The van der Waals surface area contributed by atoms with Gasteiger partial charge in [-0.1, -0.05) is 0 Å². The molecule has 0 fully saturated rings. The summed E-state index contributed by atoms with van der Waals surface area (Å²) in [6.45, 7) is 0.717. The van der Waals surface area contributed by atoms with Crippen LogP contribution < -0.4 is 5.32 Å². The fourth-order valence-corrected chi connectivity index (χ4v) is 1.47. The second kappa shape index (κ2) is 6.86. The number of halogens is 1. The van der Waals surface area contributed by atoms with Crippen molar-refractivity contribution in [3.05, 3.63) is 35.6 Å². The molecule has 0 bridgehead atoms. The van der Waals surface area contributed by atoms with E-state index in [9.17, 15) is 14.0 Å². The van der Waals surface area contributed by atoms with Crippen LogP contribution in [-0.4, -0.2) is 43.8 Å². The fourth-order valence-electron chi connectivity index (χ4n) is 1.47. The molecule has 4 nitrogen and oxygen atoms in total. The number of hydrogen-bond donors (Lipinski definition) is 1. The number of ketones is 1. The highest BCUT2D eigenvalue weighted by Gasteiger charge is 2.10. The quantitative estimate of drug-likeness (QED) is 0.771. The summed E-state index contributed by atoms with van der Waals surface area (Å²) in [4.78, 5) is 24.6. The van der Waals surface area contributed by atoms with Crippen LogP contribution in [0.4, 0.5) is 4.39 Å². The SMILES string of the molecule is CNC(=O)CCN(C)CC(=O)c1ccc(F)cc1. The Morgan fingerprint density at radius 3 is 2.44 bits per heavy atom. The Labute approximate surface area is 106 Å². The Kier molecular flexibility index (Phi) is 5.45. The lowest BCUT2D eigenvalue weighted by molar-refractivity contribution is -0.120. The van der Waals surface area contributed by atoms with Crippen LogP contribution in [-0.2, 0) is 4.79 Å². The van der Waals surface area contributed by atoms with Crippen LogP contribution in [0.2, 0.25) is 0 Å². The molecule has 18 heavy (non-hydrogen) atoms. The molecule has 5 heteroatoms. The largest absolute Gasteiger partial charge is 0.359 e. The van der Waals surface area contributed by atoms with Crippen LogP contribution >= 0.6 is 0 Å². The summed E-state index contributed by atoms with van der Waals surface area (Å²) < 4.78 is 12.7. The third-order valence-electron chi connectivity index (χ3n) is 2.58. The van der Waals surface area contributed by atoms with E-state index in [2.05, 4.69) is 5.32 Å². The van der Waals surface area contributed by atoms with E-state index in [1.807, 2.05) is 0 Å². The van der Waals surface area contributed by atoms with Crippen molar-refractivity contribution in [3.8, 4) is 0 Å². The van der Waals surface area contributed by atoms with Gasteiger partial charge in [-0.25, -0.2) is 4.39 Å². The van der Waals surface area contributed by atoms with E-state index < -0.39 is 0 Å². The molecule has 0 saturated carbocycles. The summed E-state index contributed by atoms with van der Waals surface area (Å²) in [7, 11) is 3.34. The second-order valence-corrected chi connectivity index (χ2v) is 4.09. The van der Waals surface area contributed by atoms with Crippen molar-refractivity contribution in [2.75, 3.05) is 27.2 Å². The predicted octanol–water partition coefficient (Wildman–Crippen LogP) is 1.08. The maximum absolute atomic E-state index is 12.7. The molecule has 0 heterocycles. The number of benzene rings is 1. The van der Waals surface area contributed by atoms with Gasteiger partial charge in [0.15, 0.2) is 5.78 Å². The summed E-state index contributed by atoms with van der Waals surface area (Å²) in [5.74, 6) is -0.509. The maximum Gasteiger partial charge on any atom is 0.221 e. The van der Waals surface area contributed by atoms with Gasteiger partial charge >= 0.3 is 0 Å². The summed E-state index contributed by atoms with van der Waals surface area (Å²) >= 11 is 0. The lowest BCUT2D eigenvalue weighted by Gasteiger charge is -2.15. The lowest BCUT2D eigenvalue weighted by atomic mass is 10.1. The van der Waals surface area contributed by atoms with Crippen molar-refractivity contribution in [3.63, 3.8) is 0 Å². The molecule has 0 atom stereocenters. The van der Waals surface area contributed by atoms with Crippen LogP contribution in [0.1, 0.15) is 16.8 Å². The highest BCUT2D eigenvalue weighted by Crippen LogP contribution is 2.04. The molecule has 1 aromatic carbocycles. The van der Waals surface area contributed by atoms with Crippen LogP contribution in [0.15, 0.2) is 24.3 Å². The van der Waals surface area contributed by atoms with Crippen molar-refractivity contribution < 1.29 is 14.0 Å². The first-order valence-electron chi connectivity index (χ1n) is 5.71. The smallest absolute Gasteiger partial charge is 0.221 e. The van der Waals surface area contributed by atoms with Gasteiger partial charge in [0, 0.05) is 25.6 Å². The molecule has 0 saturated heterocycles.